The molecule has 0 amide bonds. The Kier molecular flexibility index (Phi) is 4.05. The van der Waals surface area contributed by atoms with E-state index < -0.39 is 4.92 Å². The monoisotopic (exact) mass is 308 g/mol. The van der Waals surface area contributed by atoms with Gasteiger partial charge in [0.25, 0.3) is 5.69 Å². The molecule has 116 valence electrons. The molecule has 6 heteroatoms. The second-order valence-electron chi connectivity index (χ2n) is 5.27. The first-order chi connectivity index (χ1) is 11.1. The van der Waals surface area contributed by atoms with Crippen LogP contribution >= 0.6 is 0 Å². The van der Waals surface area contributed by atoms with E-state index in [4.69, 9.17) is 5.73 Å². The number of anilines is 1. The van der Waals surface area contributed by atoms with Gasteiger partial charge in [-0.25, -0.2) is 4.98 Å². The summed E-state index contributed by atoms with van der Waals surface area (Å²) < 4.78 is 2.02. The lowest BCUT2D eigenvalue weighted by atomic mass is 10.1. The number of imidazole rings is 1. The van der Waals surface area contributed by atoms with Gasteiger partial charge in [0.15, 0.2) is 0 Å². The fourth-order valence-electron chi connectivity index (χ4n) is 2.44. The van der Waals surface area contributed by atoms with Crippen molar-refractivity contribution in [2.24, 2.45) is 0 Å². The number of nitro groups is 1. The first kappa shape index (κ1) is 14.8. The molecule has 6 nitrogen and oxygen atoms in total. The highest BCUT2D eigenvalue weighted by Gasteiger charge is 2.08. The number of nitrogens with zero attached hydrogens (tertiary/aromatic N) is 3. The van der Waals surface area contributed by atoms with Crippen LogP contribution in [0.1, 0.15) is 17.0 Å². The normalized spacial score (nSPS) is 10.6. The number of non-ortho nitro benzene ring substituents is 1. The minimum absolute atomic E-state index is 0.0941. The summed E-state index contributed by atoms with van der Waals surface area (Å²) in [6.07, 6.45) is 4.29. The summed E-state index contributed by atoms with van der Waals surface area (Å²) in [5, 5.41) is 10.7. The van der Waals surface area contributed by atoms with Crippen molar-refractivity contribution < 1.29 is 4.92 Å². The molecule has 0 saturated heterocycles. The van der Waals surface area contributed by atoms with Crippen LogP contribution in [-0.2, 0) is 13.0 Å². The van der Waals surface area contributed by atoms with Crippen molar-refractivity contribution in [2.75, 3.05) is 5.73 Å². The van der Waals surface area contributed by atoms with Crippen molar-refractivity contribution >= 4 is 11.4 Å². The molecule has 3 aromatic rings. The minimum Gasteiger partial charge on any atom is -0.398 e. The van der Waals surface area contributed by atoms with Gasteiger partial charge in [0.1, 0.15) is 5.82 Å². The van der Waals surface area contributed by atoms with Gasteiger partial charge in [0, 0.05) is 43.2 Å². The Bertz CT molecular complexity index is 825. The molecule has 3 rings (SSSR count). The van der Waals surface area contributed by atoms with Crippen LogP contribution < -0.4 is 5.73 Å². The van der Waals surface area contributed by atoms with E-state index in [0.29, 0.717) is 13.0 Å². The molecular formula is C17H16N4O2. The zero-order chi connectivity index (χ0) is 16.2. The molecule has 23 heavy (non-hydrogen) atoms. The van der Waals surface area contributed by atoms with E-state index in [2.05, 4.69) is 4.98 Å². The first-order valence-electron chi connectivity index (χ1n) is 7.20. The molecular weight excluding hydrogens is 292 g/mol. The van der Waals surface area contributed by atoms with Crippen LogP contribution in [0, 0.1) is 10.1 Å². The molecule has 0 atom stereocenters. The predicted molar refractivity (Wildman–Crippen MR) is 88.1 cm³/mol. The van der Waals surface area contributed by atoms with E-state index in [1.54, 1.807) is 18.3 Å². The average molecular weight is 308 g/mol. The smallest absolute Gasteiger partial charge is 0.269 e. The number of rotatable bonds is 5. The largest absolute Gasteiger partial charge is 0.398 e. The second-order valence-corrected chi connectivity index (χ2v) is 5.27. The summed E-state index contributed by atoms with van der Waals surface area (Å²) in [5.74, 6) is 0.904. The molecule has 2 N–H and O–H groups in total. The van der Waals surface area contributed by atoms with Crippen LogP contribution in [0.25, 0.3) is 0 Å². The summed E-state index contributed by atoms with van der Waals surface area (Å²) in [6.45, 7) is 0.611. The molecule has 0 saturated carbocycles. The van der Waals surface area contributed by atoms with E-state index >= 15 is 0 Å². The lowest BCUT2D eigenvalue weighted by Crippen LogP contribution is -2.06. The maximum Gasteiger partial charge on any atom is 0.269 e. The zero-order valence-electron chi connectivity index (χ0n) is 12.4. The van der Waals surface area contributed by atoms with E-state index in [9.17, 15) is 10.1 Å². The van der Waals surface area contributed by atoms with E-state index in [1.165, 1.54) is 12.1 Å². The Morgan fingerprint density at radius 2 is 1.87 bits per heavy atom. The molecule has 0 unspecified atom stereocenters. The number of nitrogens with two attached hydrogens (primary N) is 1. The van der Waals surface area contributed by atoms with Crippen molar-refractivity contribution in [3.63, 3.8) is 0 Å². The summed E-state index contributed by atoms with van der Waals surface area (Å²) in [4.78, 5) is 14.7. The Labute approximate surface area is 133 Å². The van der Waals surface area contributed by atoms with Gasteiger partial charge in [-0.1, -0.05) is 30.3 Å². The number of hydrogen-bond acceptors (Lipinski definition) is 4. The van der Waals surface area contributed by atoms with Crippen molar-refractivity contribution in [3.8, 4) is 0 Å². The number of aromatic nitrogens is 2. The summed E-state index contributed by atoms with van der Waals surface area (Å²) in [6, 6.07) is 14.3. The fraction of sp³-hybridized carbons (Fsp3) is 0.118. The van der Waals surface area contributed by atoms with Crippen LogP contribution in [0.5, 0.6) is 0 Å². The number of hydrogen-bond donors (Lipinski definition) is 1. The Balaban J connectivity index is 1.78. The van der Waals surface area contributed by atoms with Crippen LogP contribution in [0.4, 0.5) is 11.4 Å². The standard InChI is InChI=1S/C17H16N4O2/c18-16-4-2-1-3-14(16)11-17-19-9-10-20(17)12-13-5-7-15(8-6-13)21(22)23/h1-10H,11-12,18H2. The number of nitro benzene ring substituents is 1. The Morgan fingerprint density at radius 1 is 1.13 bits per heavy atom. The number of nitrogen functional groups attached to an aromatic ring is 1. The molecule has 1 heterocycles. The van der Waals surface area contributed by atoms with E-state index in [0.717, 1.165) is 22.6 Å². The van der Waals surface area contributed by atoms with Crippen molar-refractivity contribution in [2.45, 2.75) is 13.0 Å². The summed E-state index contributed by atoms with van der Waals surface area (Å²) >= 11 is 0. The highest BCUT2D eigenvalue weighted by molar-refractivity contribution is 5.47. The van der Waals surface area contributed by atoms with Crippen molar-refractivity contribution in [1.82, 2.24) is 9.55 Å². The maximum absolute atomic E-state index is 10.7. The van der Waals surface area contributed by atoms with Crippen LogP contribution in [0.3, 0.4) is 0 Å². The lowest BCUT2D eigenvalue weighted by Gasteiger charge is -2.09. The highest BCUT2D eigenvalue weighted by atomic mass is 16.6. The quantitative estimate of drug-likeness (QED) is 0.446. The van der Waals surface area contributed by atoms with Gasteiger partial charge >= 0.3 is 0 Å². The minimum atomic E-state index is -0.398. The van der Waals surface area contributed by atoms with Crippen molar-refractivity contribution in [1.29, 1.82) is 0 Å². The molecule has 0 radical (unpaired) electrons. The van der Waals surface area contributed by atoms with Gasteiger partial charge in [-0.15, -0.1) is 0 Å². The fourth-order valence-corrected chi connectivity index (χ4v) is 2.44. The van der Waals surface area contributed by atoms with Gasteiger partial charge < -0.3 is 10.3 Å². The molecule has 2 aromatic carbocycles. The topological polar surface area (TPSA) is 87.0 Å². The molecule has 0 spiro atoms. The Morgan fingerprint density at radius 3 is 2.57 bits per heavy atom. The maximum atomic E-state index is 10.7. The van der Waals surface area contributed by atoms with Gasteiger partial charge in [0.05, 0.1) is 4.92 Å². The number of para-hydroxylation sites is 1. The summed E-state index contributed by atoms with van der Waals surface area (Å²) in [5.41, 5.74) is 8.84. The van der Waals surface area contributed by atoms with Crippen LogP contribution in [0.2, 0.25) is 0 Å². The zero-order valence-corrected chi connectivity index (χ0v) is 12.4. The number of benzene rings is 2. The van der Waals surface area contributed by atoms with Gasteiger partial charge in [-0.2, -0.15) is 0 Å². The Hall–Kier alpha value is -3.15. The van der Waals surface area contributed by atoms with Crippen LogP contribution in [0.15, 0.2) is 60.9 Å². The van der Waals surface area contributed by atoms with Crippen LogP contribution in [-0.4, -0.2) is 14.5 Å². The molecule has 0 aliphatic rings. The van der Waals surface area contributed by atoms with Gasteiger partial charge in [0.2, 0.25) is 0 Å². The third-order valence-electron chi connectivity index (χ3n) is 3.71. The third kappa shape index (κ3) is 3.37. The first-order valence-corrected chi connectivity index (χ1v) is 7.20. The van der Waals surface area contributed by atoms with Crippen molar-refractivity contribution in [3.05, 3.63) is 88.0 Å². The predicted octanol–water partition coefficient (Wildman–Crippen LogP) is 3.01. The molecule has 0 fully saturated rings. The highest BCUT2D eigenvalue weighted by Crippen LogP contribution is 2.17. The molecule has 1 aromatic heterocycles. The molecule has 0 aliphatic heterocycles. The van der Waals surface area contributed by atoms with E-state index in [1.807, 2.05) is 35.0 Å². The third-order valence-corrected chi connectivity index (χ3v) is 3.71. The SMILES string of the molecule is Nc1ccccc1Cc1nccn1Cc1ccc([N+](=O)[O-])cc1. The summed E-state index contributed by atoms with van der Waals surface area (Å²) in [7, 11) is 0. The van der Waals surface area contributed by atoms with Gasteiger partial charge in [-0.3, -0.25) is 10.1 Å². The second kappa shape index (κ2) is 6.31. The van der Waals surface area contributed by atoms with Gasteiger partial charge in [-0.05, 0) is 17.2 Å². The molecule has 0 aliphatic carbocycles. The average Bonchev–Trinajstić information content (AvgIpc) is 2.97. The molecule has 0 bridgehead atoms. The lowest BCUT2D eigenvalue weighted by molar-refractivity contribution is -0.384. The van der Waals surface area contributed by atoms with E-state index in [-0.39, 0.29) is 5.69 Å².